The molecule has 2 aromatic carbocycles. The maximum absolute atomic E-state index is 12.1. The van der Waals surface area contributed by atoms with Crippen LogP contribution in [0.3, 0.4) is 0 Å². The van der Waals surface area contributed by atoms with E-state index in [2.05, 4.69) is 15.0 Å². The molecule has 1 amide bonds. The van der Waals surface area contributed by atoms with Gasteiger partial charge < -0.3 is 14.8 Å². The molecule has 0 aliphatic heterocycles. The zero-order chi connectivity index (χ0) is 21.2. The Kier molecular flexibility index (Phi) is 7.49. The summed E-state index contributed by atoms with van der Waals surface area (Å²) < 4.78 is 34.2. The summed E-state index contributed by atoms with van der Waals surface area (Å²) in [5.74, 6) is 0.521. The zero-order valence-corrected chi connectivity index (χ0v) is 16.0. The van der Waals surface area contributed by atoms with Gasteiger partial charge in [0.2, 0.25) is 5.91 Å². The van der Waals surface area contributed by atoms with Crippen LogP contribution in [-0.2, 0) is 17.9 Å². The van der Waals surface area contributed by atoms with Gasteiger partial charge in [-0.2, -0.15) is 8.78 Å². The third-order valence-electron chi connectivity index (χ3n) is 4.04. The fourth-order valence-electron chi connectivity index (χ4n) is 2.52. The van der Waals surface area contributed by atoms with Crippen molar-refractivity contribution in [1.29, 1.82) is 0 Å². The minimum absolute atomic E-state index is 0.0763. The number of ether oxygens (including phenoxy) is 2. The quantitative estimate of drug-likeness (QED) is 0.524. The molecule has 0 saturated carbocycles. The number of rotatable bonds is 9. The van der Waals surface area contributed by atoms with Gasteiger partial charge in [-0.15, -0.1) is 0 Å². The van der Waals surface area contributed by atoms with Gasteiger partial charge in [0.15, 0.2) is 0 Å². The van der Waals surface area contributed by atoms with Crippen LogP contribution in [0.2, 0.25) is 0 Å². The normalized spacial score (nSPS) is 10.9. The number of carbonyl (C=O) groups is 1. The Morgan fingerprint density at radius 1 is 1.00 bits per heavy atom. The number of hydrogen-bond donors (Lipinski definition) is 1. The molecule has 0 unspecified atom stereocenters. The average Bonchev–Trinajstić information content (AvgIpc) is 2.77. The summed E-state index contributed by atoms with van der Waals surface area (Å²) in [6, 6.07) is 19.1. The van der Waals surface area contributed by atoms with E-state index in [-0.39, 0.29) is 18.2 Å². The molecule has 3 aromatic rings. The highest BCUT2D eigenvalue weighted by atomic mass is 19.3. The molecule has 30 heavy (non-hydrogen) atoms. The van der Waals surface area contributed by atoms with Crippen LogP contribution in [0, 0.1) is 0 Å². The van der Waals surface area contributed by atoms with Crippen molar-refractivity contribution in [2.24, 2.45) is 0 Å². The van der Waals surface area contributed by atoms with Gasteiger partial charge >= 0.3 is 6.61 Å². The number of pyridine rings is 1. The van der Waals surface area contributed by atoms with E-state index < -0.39 is 6.61 Å². The first-order valence-electron chi connectivity index (χ1n) is 9.21. The van der Waals surface area contributed by atoms with Gasteiger partial charge in [0, 0.05) is 18.8 Å². The summed E-state index contributed by atoms with van der Waals surface area (Å²) in [7, 11) is 0. The lowest BCUT2D eigenvalue weighted by molar-refractivity contribution is -0.116. The minimum Gasteiger partial charge on any atom is -0.487 e. The van der Waals surface area contributed by atoms with E-state index in [4.69, 9.17) is 4.74 Å². The van der Waals surface area contributed by atoms with Crippen molar-refractivity contribution < 1.29 is 23.0 Å². The number of carbonyl (C=O) groups excluding carboxylic acids is 1. The van der Waals surface area contributed by atoms with Crippen LogP contribution in [0.25, 0.3) is 6.08 Å². The summed E-state index contributed by atoms with van der Waals surface area (Å²) in [5, 5.41) is 2.73. The maximum atomic E-state index is 12.1. The molecule has 3 rings (SSSR count). The van der Waals surface area contributed by atoms with Crippen molar-refractivity contribution in [3.05, 3.63) is 95.8 Å². The summed E-state index contributed by atoms with van der Waals surface area (Å²) in [6.07, 6.45) is 4.84. The van der Waals surface area contributed by atoms with Gasteiger partial charge in [0.05, 0.1) is 5.69 Å². The number of nitrogens with zero attached hydrogens (tertiary/aromatic N) is 1. The van der Waals surface area contributed by atoms with E-state index in [1.54, 1.807) is 24.4 Å². The molecular weight excluding hydrogens is 390 g/mol. The van der Waals surface area contributed by atoms with Gasteiger partial charge in [0.1, 0.15) is 18.1 Å². The summed E-state index contributed by atoms with van der Waals surface area (Å²) in [6.45, 7) is -2.20. The number of aromatic nitrogens is 1. The monoisotopic (exact) mass is 410 g/mol. The predicted molar refractivity (Wildman–Crippen MR) is 109 cm³/mol. The number of halogens is 2. The smallest absolute Gasteiger partial charge is 0.387 e. The van der Waals surface area contributed by atoms with E-state index >= 15 is 0 Å². The van der Waals surface area contributed by atoms with Crippen LogP contribution in [0.4, 0.5) is 8.78 Å². The molecule has 0 bridgehead atoms. The Bertz CT molecular complexity index is 960. The molecule has 5 nitrogen and oxygen atoms in total. The second kappa shape index (κ2) is 10.7. The molecule has 1 N–H and O–H groups in total. The van der Waals surface area contributed by atoms with Crippen molar-refractivity contribution in [2.75, 3.05) is 0 Å². The lowest BCUT2D eigenvalue weighted by Crippen LogP contribution is -2.20. The Morgan fingerprint density at radius 2 is 1.73 bits per heavy atom. The van der Waals surface area contributed by atoms with E-state index in [0.29, 0.717) is 12.4 Å². The molecule has 0 fully saturated rings. The highest BCUT2D eigenvalue weighted by Crippen LogP contribution is 2.16. The number of benzene rings is 2. The van der Waals surface area contributed by atoms with Gasteiger partial charge in [-0.3, -0.25) is 9.78 Å². The number of nitrogens with one attached hydrogen (secondary N) is 1. The van der Waals surface area contributed by atoms with Crippen LogP contribution in [0.1, 0.15) is 16.8 Å². The Labute approximate surface area is 173 Å². The SMILES string of the molecule is O=C(C=Cc1ccc(OCc2ccccn2)cc1)NCc1ccc(OC(F)F)cc1. The van der Waals surface area contributed by atoms with Gasteiger partial charge in [0.25, 0.3) is 0 Å². The molecule has 154 valence electrons. The Morgan fingerprint density at radius 3 is 2.40 bits per heavy atom. The minimum atomic E-state index is -2.86. The fourth-order valence-corrected chi connectivity index (χ4v) is 2.52. The van der Waals surface area contributed by atoms with Gasteiger partial charge in [-0.1, -0.05) is 30.3 Å². The third kappa shape index (κ3) is 7.01. The van der Waals surface area contributed by atoms with Crippen LogP contribution in [0.15, 0.2) is 79.0 Å². The molecule has 7 heteroatoms. The highest BCUT2D eigenvalue weighted by molar-refractivity contribution is 5.91. The second-order valence-electron chi connectivity index (χ2n) is 6.25. The van der Waals surface area contributed by atoms with Crippen molar-refractivity contribution in [3.8, 4) is 11.5 Å². The number of alkyl halides is 2. The van der Waals surface area contributed by atoms with Crippen LogP contribution >= 0.6 is 0 Å². The maximum Gasteiger partial charge on any atom is 0.387 e. The summed E-state index contributed by atoms with van der Waals surface area (Å²) in [5.41, 5.74) is 2.46. The average molecular weight is 410 g/mol. The molecule has 0 saturated heterocycles. The summed E-state index contributed by atoms with van der Waals surface area (Å²) in [4.78, 5) is 16.2. The fraction of sp³-hybridized carbons (Fsp3) is 0.130. The Hall–Kier alpha value is -3.74. The van der Waals surface area contributed by atoms with Crippen molar-refractivity contribution in [3.63, 3.8) is 0 Å². The largest absolute Gasteiger partial charge is 0.487 e. The topological polar surface area (TPSA) is 60.5 Å². The first-order valence-corrected chi connectivity index (χ1v) is 9.21. The lowest BCUT2D eigenvalue weighted by atomic mass is 10.2. The highest BCUT2D eigenvalue weighted by Gasteiger charge is 2.04. The molecule has 0 aliphatic carbocycles. The molecule has 0 radical (unpaired) electrons. The predicted octanol–water partition coefficient (Wildman–Crippen LogP) is 4.59. The zero-order valence-electron chi connectivity index (χ0n) is 16.0. The summed E-state index contributed by atoms with van der Waals surface area (Å²) >= 11 is 0. The second-order valence-corrected chi connectivity index (χ2v) is 6.25. The van der Waals surface area contributed by atoms with Crippen molar-refractivity contribution in [2.45, 2.75) is 19.8 Å². The third-order valence-corrected chi connectivity index (χ3v) is 4.04. The van der Waals surface area contributed by atoms with Crippen molar-refractivity contribution in [1.82, 2.24) is 10.3 Å². The first-order chi connectivity index (χ1) is 14.6. The van der Waals surface area contributed by atoms with Gasteiger partial charge in [-0.25, -0.2) is 0 Å². The number of amides is 1. The van der Waals surface area contributed by atoms with Crippen molar-refractivity contribution >= 4 is 12.0 Å². The van der Waals surface area contributed by atoms with E-state index in [9.17, 15) is 13.6 Å². The van der Waals surface area contributed by atoms with E-state index in [0.717, 1.165) is 16.8 Å². The molecule has 0 spiro atoms. The molecule has 0 aliphatic rings. The molecule has 1 aromatic heterocycles. The van der Waals surface area contributed by atoms with Gasteiger partial charge in [-0.05, 0) is 53.6 Å². The Balaban J connectivity index is 1.44. The lowest BCUT2D eigenvalue weighted by Gasteiger charge is -2.06. The van der Waals surface area contributed by atoms with Crippen LogP contribution in [0.5, 0.6) is 11.5 Å². The first kappa shape index (κ1) is 21.0. The molecule has 0 atom stereocenters. The van der Waals surface area contributed by atoms with E-state index in [1.165, 1.54) is 18.2 Å². The van der Waals surface area contributed by atoms with E-state index in [1.807, 2.05) is 42.5 Å². The molecular formula is C23H20F2N2O3. The molecule has 1 heterocycles. The van der Waals surface area contributed by atoms with Crippen LogP contribution < -0.4 is 14.8 Å². The standard InChI is InChI=1S/C23H20F2N2O3/c24-23(25)30-21-11-6-18(7-12-21)15-27-22(28)13-8-17-4-9-20(10-5-17)29-16-19-3-1-2-14-26-19/h1-14,23H,15-16H2,(H,27,28). The van der Waals surface area contributed by atoms with Crippen LogP contribution in [-0.4, -0.2) is 17.5 Å². The number of hydrogen-bond acceptors (Lipinski definition) is 4.